The van der Waals surface area contributed by atoms with Crippen LogP contribution in [0.1, 0.15) is 12.0 Å². The van der Waals surface area contributed by atoms with Crippen molar-refractivity contribution in [3.8, 4) is 18.1 Å². The van der Waals surface area contributed by atoms with Crippen LogP contribution in [0.5, 0.6) is 5.75 Å². The Labute approximate surface area is 121 Å². The van der Waals surface area contributed by atoms with Crippen molar-refractivity contribution in [3.05, 3.63) is 29.8 Å². The van der Waals surface area contributed by atoms with Crippen LogP contribution in [-0.2, 0) is 16.0 Å². The molecule has 0 saturated heterocycles. The van der Waals surface area contributed by atoms with E-state index in [-0.39, 0.29) is 0 Å². The van der Waals surface area contributed by atoms with E-state index in [0.717, 1.165) is 37.4 Å². The lowest BCUT2D eigenvalue weighted by Gasteiger charge is -2.10. The van der Waals surface area contributed by atoms with E-state index in [0.29, 0.717) is 19.8 Å². The van der Waals surface area contributed by atoms with Crippen molar-refractivity contribution in [1.82, 2.24) is 5.32 Å². The molecule has 0 saturated carbocycles. The highest BCUT2D eigenvalue weighted by Gasteiger charge is 2.01. The lowest BCUT2D eigenvalue weighted by Crippen LogP contribution is -2.17. The van der Waals surface area contributed by atoms with Crippen molar-refractivity contribution in [2.45, 2.75) is 13.0 Å². The average molecular weight is 277 g/mol. The predicted octanol–water partition coefficient (Wildman–Crippen LogP) is 1.84. The molecule has 0 unspecified atom stereocenters. The Balaban J connectivity index is 2.17. The van der Waals surface area contributed by atoms with Crippen LogP contribution in [0.2, 0.25) is 0 Å². The number of hydrogen-bond donors (Lipinski definition) is 1. The fourth-order valence-corrected chi connectivity index (χ4v) is 1.68. The fraction of sp³-hybridized carbons (Fsp3) is 0.500. The van der Waals surface area contributed by atoms with Crippen LogP contribution in [0, 0.1) is 12.3 Å². The SMILES string of the molecule is C#CCOc1ccccc1CNCCCOCCOC. The van der Waals surface area contributed by atoms with E-state index < -0.39 is 0 Å². The Bertz CT molecular complexity index is 401. The highest BCUT2D eigenvalue weighted by molar-refractivity contribution is 5.33. The molecule has 0 aliphatic heterocycles. The van der Waals surface area contributed by atoms with Crippen molar-refractivity contribution in [3.63, 3.8) is 0 Å². The molecule has 110 valence electrons. The van der Waals surface area contributed by atoms with Gasteiger partial charge in [-0.05, 0) is 19.0 Å². The molecule has 20 heavy (non-hydrogen) atoms. The zero-order chi connectivity index (χ0) is 14.5. The molecule has 0 amide bonds. The van der Waals surface area contributed by atoms with Gasteiger partial charge in [-0.3, -0.25) is 0 Å². The van der Waals surface area contributed by atoms with Crippen LogP contribution >= 0.6 is 0 Å². The van der Waals surface area contributed by atoms with E-state index >= 15 is 0 Å². The molecule has 0 radical (unpaired) electrons. The summed E-state index contributed by atoms with van der Waals surface area (Å²) < 4.78 is 15.8. The van der Waals surface area contributed by atoms with E-state index in [1.54, 1.807) is 7.11 Å². The molecule has 0 aliphatic carbocycles. The Morgan fingerprint density at radius 2 is 2.05 bits per heavy atom. The number of hydrogen-bond acceptors (Lipinski definition) is 4. The van der Waals surface area contributed by atoms with Crippen molar-refractivity contribution in [2.24, 2.45) is 0 Å². The molecule has 1 N–H and O–H groups in total. The van der Waals surface area contributed by atoms with Gasteiger partial charge in [-0.25, -0.2) is 0 Å². The maximum absolute atomic E-state index is 5.49. The molecule has 1 aromatic carbocycles. The van der Waals surface area contributed by atoms with Crippen molar-refractivity contribution < 1.29 is 14.2 Å². The summed E-state index contributed by atoms with van der Waals surface area (Å²) in [6, 6.07) is 7.91. The molecule has 4 nitrogen and oxygen atoms in total. The molecule has 1 aromatic rings. The third kappa shape index (κ3) is 7.15. The smallest absolute Gasteiger partial charge is 0.148 e. The van der Waals surface area contributed by atoms with Crippen LogP contribution < -0.4 is 10.1 Å². The summed E-state index contributed by atoms with van der Waals surface area (Å²) in [5.41, 5.74) is 1.11. The summed E-state index contributed by atoms with van der Waals surface area (Å²) in [6.45, 7) is 4.00. The standard InChI is InChI=1S/C16H23NO3/c1-3-10-20-16-8-5-4-7-15(16)14-17-9-6-11-19-13-12-18-2/h1,4-5,7-8,17H,6,9-14H2,2H3. The highest BCUT2D eigenvalue weighted by Crippen LogP contribution is 2.17. The number of para-hydroxylation sites is 1. The first-order chi connectivity index (χ1) is 9.88. The number of nitrogens with one attached hydrogen (secondary N) is 1. The minimum absolute atomic E-state index is 0.296. The van der Waals surface area contributed by atoms with Gasteiger partial charge < -0.3 is 19.5 Å². The molecule has 0 fully saturated rings. The van der Waals surface area contributed by atoms with E-state index in [4.69, 9.17) is 20.6 Å². The summed E-state index contributed by atoms with van der Waals surface area (Å²) in [5.74, 6) is 3.32. The number of benzene rings is 1. The van der Waals surface area contributed by atoms with Gasteiger partial charge in [-0.2, -0.15) is 0 Å². The highest BCUT2D eigenvalue weighted by atomic mass is 16.5. The lowest BCUT2D eigenvalue weighted by molar-refractivity contribution is 0.0694. The maximum atomic E-state index is 5.49. The maximum Gasteiger partial charge on any atom is 0.148 e. The van der Waals surface area contributed by atoms with E-state index in [2.05, 4.69) is 11.2 Å². The van der Waals surface area contributed by atoms with Gasteiger partial charge in [0, 0.05) is 25.8 Å². The first-order valence-corrected chi connectivity index (χ1v) is 6.80. The van der Waals surface area contributed by atoms with Gasteiger partial charge >= 0.3 is 0 Å². The molecule has 0 atom stereocenters. The van der Waals surface area contributed by atoms with Crippen LogP contribution in [0.25, 0.3) is 0 Å². The van der Waals surface area contributed by atoms with Crippen molar-refractivity contribution >= 4 is 0 Å². The average Bonchev–Trinajstić information content (AvgIpc) is 2.49. The van der Waals surface area contributed by atoms with Crippen LogP contribution in [0.3, 0.4) is 0 Å². The van der Waals surface area contributed by atoms with Gasteiger partial charge in [0.2, 0.25) is 0 Å². The molecule has 1 rings (SSSR count). The molecule has 0 aromatic heterocycles. The molecular formula is C16H23NO3. The number of rotatable bonds is 11. The summed E-state index contributed by atoms with van der Waals surface area (Å²) in [5, 5.41) is 3.37. The topological polar surface area (TPSA) is 39.7 Å². The quantitative estimate of drug-likeness (QED) is 0.495. The third-order valence-electron chi connectivity index (χ3n) is 2.67. The molecule has 0 bridgehead atoms. The first-order valence-electron chi connectivity index (χ1n) is 6.80. The summed E-state index contributed by atoms with van der Waals surface area (Å²) in [6.07, 6.45) is 6.17. The fourth-order valence-electron chi connectivity index (χ4n) is 1.68. The second-order valence-electron chi connectivity index (χ2n) is 4.24. The first kappa shape index (κ1) is 16.5. The van der Waals surface area contributed by atoms with Gasteiger partial charge in [0.25, 0.3) is 0 Å². The van der Waals surface area contributed by atoms with Crippen molar-refractivity contribution in [2.75, 3.05) is 40.1 Å². The summed E-state index contributed by atoms with van der Waals surface area (Å²) >= 11 is 0. The molecule has 0 heterocycles. The lowest BCUT2D eigenvalue weighted by atomic mass is 10.2. The predicted molar refractivity (Wildman–Crippen MR) is 79.8 cm³/mol. The number of ether oxygens (including phenoxy) is 3. The monoisotopic (exact) mass is 277 g/mol. The zero-order valence-corrected chi connectivity index (χ0v) is 12.1. The van der Waals surface area contributed by atoms with Gasteiger partial charge in [-0.15, -0.1) is 6.42 Å². The Hall–Kier alpha value is -1.54. The van der Waals surface area contributed by atoms with Crippen LogP contribution in [0.15, 0.2) is 24.3 Å². The zero-order valence-electron chi connectivity index (χ0n) is 12.1. The molecule has 0 aliphatic rings. The number of terminal acetylenes is 1. The summed E-state index contributed by atoms with van der Waals surface area (Å²) in [4.78, 5) is 0. The van der Waals surface area contributed by atoms with Gasteiger partial charge in [0.05, 0.1) is 13.2 Å². The second kappa shape index (κ2) is 11.3. The molecule has 0 spiro atoms. The normalized spacial score (nSPS) is 10.2. The van der Waals surface area contributed by atoms with Crippen LogP contribution in [0.4, 0.5) is 0 Å². The minimum atomic E-state index is 0.296. The minimum Gasteiger partial charge on any atom is -0.481 e. The van der Waals surface area contributed by atoms with Gasteiger partial charge in [-0.1, -0.05) is 24.1 Å². The Morgan fingerprint density at radius 1 is 1.20 bits per heavy atom. The van der Waals surface area contributed by atoms with E-state index in [9.17, 15) is 0 Å². The Morgan fingerprint density at radius 3 is 2.85 bits per heavy atom. The largest absolute Gasteiger partial charge is 0.481 e. The van der Waals surface area contributed by atoms with E-state index in [1.165, 1.54) is 0 Å². The number of methoxy groups -OCH3 is 1. The van der Waals surface area contributed by atoms with Crippen LogP contribution in [-0.4, -0.2) is 40.1 Å². The van der Waals surface area contributed by atoms with E-state index in [1.807, 2.05) is 24.3 Å². The molecule has 4 heteroatoms. The van der Waals surface area contributed by atoms with Crippen molar-refractivity contribution in [1.29, 1.82) is 0 Å². The second-order valence-corrected chi connectivity index (χ2v) is 4.24. The summed E-state index contributed by atoms with van der Waals surface area (Å²) in [7, 11) is 1.67. The van der Waals surface area contributed by atoms with Gasteiger partial charge in [0.15, 0.2) is 0 Å². The van der Waals surface area contributed by atoms with Gasteiger partial charge in [0.1, 0.15) is 12.4 Å². The Kier molecular flexibility index (Phi) is 9.33. The third-order valence-corrected chi connectivity index (χ3v) is 2.67. The molecular weight excluding hydrogens is 254 g/mol.